The minimum atomic E-state index is -0.492. The molecular formula is C40H44O4S2. The van der Waals surface area contributed by atoms with Crippen molar-refractivity contribution in [3.8, 4) is 11.5 Å². The predicted octanol–water partition coefficient (Wildman–Crippen LogP) is 10.9. The highest BCUT2D eigenvalue weighted by Gasteiger charge is 2.40. The van der Waals surface area contributed by atoms with Crippen LogP contribution >= 0.6 is 23.5 Å². The zero-order chi connectivity index (χ0) is 33.0. The lowest BCUT2D eigenvalue weighted by atomic mass is 9.80. The fourth-order valence-corrected chi connectivity index (χ4v) is 8.05. The van der Waals surface area contributed by atoms with Gasteiger partial charge in [-0.2, -0.15) is 0 Å². The van der Waals surface area contributed by atoms with Gasteiger partial charge < -0.3 is 10.2 Å². The molecule has 5 rings (SSSR count). The number of phenolic OH excluding ortho intramolecular Hbond substituents is 2. The summed E-state index contributed by atoms with van der Waals surface area (Å²) in [6, 6.07) is 21.9. The van der Waals surface area contributed by atoms with Gasteiger partial charge in [0.1, 0.15) is 11.5 Å². The fraction of sp³-hybridized carbons (Fsp3) is 0.350. The molecule has 46 heavy (non-hydrogen) atoms. The molecule has 0 spiro atoms. The highest BCUT2D eigenvalue weighted by atomic mass is 32.2. The van der Waals surface area contributed by atoms with Crippen molar-refractivity contribution in [2.45, 2.75) is 111 Å². The van der Waals surface area contributed by atoms with E-state index in [1.54, 1.807) is 0 Å². The van der Waals surface area contributed by atoms with E-state index in [0.29, 0.717) is 33.8 Å². The van der Waals surface area contributed by atoms with Crippen molar-refractivity contribution in [1.82, 2.24) is 0 Å². The Kier molecular flexibility index (Phi) is 10.7. The first kappa shape index (κ1) is 33.9. The Morgan fingerprint density at radius 3 is 1.46 bits per heavy atom. The molecule has 0 bridgehead atoms. The smallest absolute Gasteiger partial charge is 0.202 e. The average molecular weight is 653 g/mol. The van der Waals surface area contributed by atoms with Crippen LogP contribution in [0.15, 0.2) is 86.3 Å². The number of hydrogen-bond donors (Lipinski definition) is 2. The van der Waals surface area contributed by atoms with Crippen LogP contribution < -0.4 is 0 Å². The van der Waals surface area contributed by atoms with E-state index in [2.05, 4.69) is 58.9 Å². The summed E-state index contributed by atoms with van der Waals surface area (Å²) in [5.74, 6) is -1.12. The predicted molar refractivity (Wildman–Crippen MR) is 189 cm³/mol. The maximum Gasteiger partial charge on any atom is 0.202 e. The molecule has 0 saturated carbocycles. The molecule has 0 fully saturated rings. The van der Waals surface area contributed by atoms with E-state index < -0.39 is 5.78 Å². The van der Waals surface area contributed by atoms with E-state index in [-0.39, 0.29) is 45.0 Å². The minimum absolute atomic E-state index is 0.00363. The van der Waals surface area contributed by atoms with Crippen molar-refractivity contribution in [2.24, 2.45) is 0 Å². The molecule has 0 unspecified atom stereocenters. The Morgan fingerprint density at radius 1 is 0.587 bits per heavy atom. The van der Waals surface area contributed by atoms with E-state index in [9.17, 15) is 19.8 Å². The third-order valence-electron chi connectivity index (χ3n) is 8.61. The second-order valence-electron chi connectivity index (χ2n) is 13.1. The first-order chi connectivity index (χ1) is 22.0. The summed E-state index contributed by atoms with van der Waals surface area (Å²) in [6.07, 6.45) is 6.94. The monoisotopic (exact) mass is 652 g/mol. The van der Waals surface area contributed by atoms with Gasteiger partial charge in [0, 0.05) is 19.6 Å². The van der Waals surface area contributed by atoms with Crippen molar-refractivity contribution in [3.05, 3.63) is 106 Å². The summed E-state index contributed by atoms with van der Waals surface area (Å²) in [6.45, 7) is 10.8. The van der Waals surface area contributed by atoms with Crippen LogP contribution in [0.1, 0.15) is 122 Å². The number of aryl methyl sites for hydroxylation is 2. The number of fused-ring (bicyclic) bond motifs is 2. The van der Waals surface area contributed by atoms with Gasteiger partial charge in [-0.25, -0.2) is 0 Å². The molecule has 4 nitrogen and oxygen atoms in total. The maximum absolute atomic E-state index is 14.7. The largest absolute Gasteiger partial charge is 0.507 e. The minimum Gasteiger partial charge on any atom is -0.507 e. The van der Waals surface area contributed by atoms with E-state index in [0.717, 1.165) is 48.3 Å². The molecule has 4 aromatic rings. The van der Waals surface area contributed by atoms with Crippen LogP contribution in [0.3, 0.4) is 0 Å². The average Bonchev–Trinajstić information content (AvgIpc) is 3.03. The molecule has 4 aromatic carbocycles. The molecule has 1 aliphatic rings. The van der Waals surface area contributed by atoms with Crippen molar-refractivity contribution in [1.29, 1.82) is 0 Å². The number of unbranched alkanes of at least 4 members (excludes halogenated alkanes) is 4. The van der Waals surface area contributed by atoms with Gasteiger partial charge in [-0.05, 0) is 84.2 Å². The van der Waals surface area contributed by atoms with Gasteiger partial charge in [0.25, 0.3) is 0 Å². The number of phenols is 2. The normalized spacial score (nSPS) is 12.7. The van der Waals surface area contributed by atoms with Gasteiger partial charge in [-0.15, -0.1) is 0 Å². The molecule has 240 valence electrons. The van der Waals surface area contributed by atoms with E-state index in [4.69, 9.17) is 0 Å². The maximum atomic E-state index is 14.7. The number of benzene rings is 4. The number of hydrogen-bond acceptors (Lipinski definition) is 6. The summed E-state index contributed by atoms with van der Waals surface area (Å²) in [5.41, 5.74) is 2.97. The van der Waals surface area contributed by atoms with Gasteiger partial charge in [0.05, 0.1) is 22.3 Å². The molecule has 0 saturated heterocycles. The summed E-state index contributed by atoms with van der Waals surface area (Å²) < 4.78 is 0. The quantitative estimate of drug-likeness (QED) is 0.131. The van der Waals surface area contributed by atoms with Gasteiger partial charge in [0.15, 0.2) is 5.78 Å². The second kappa shape index (κ2) is 14.5. The highest BCUT2D eigenvalue weighted by molar-refractivity contribution is 7.99. The molecule has 2 N–H and O–H groups in total. The van der Waals surface area contributed by atoms with Crippen LogP contribution in [-0.2, 0) is 18.3 Å². The number of rotatable bonds is 12. The Labute approximate surface area is 282 Å². The SMILES string of the molecule is CCCCCc1cc(Sc2ccccc2)c2c(c1O)C(=O)c1c(O)c(CCCCC)cc(Sc3ccc(C(C)(C)C)cc3)c1C2=O. The summed E-state index contributed by atoms with van der Waals surface area (Å²) >= 11 is 2.87. The van der Waals surface area contributed by atoms with Gasteiger partial charge in [0.2, 0.25) is 5.78 Å². The number of carbonyl (C=O) groups excluding carboxylic acids is 2. The van der Waals surface area contributed by atoms with E-state index in [1.807, 2.05) is 42.5 Å². The number of ketones is 2. The van der Waals surface area contributed by atoms with Crippen molar-refractivity contribution in [2.75, 3.05) is 0 Å². The lowest BCUT2D eigenvalue weighted by Crippen LogP contribution is -2.24. The summed E-state index contributed by atoms with van der Waals surface area (Å²) in [5, 5.41) is 23.2. The first-order valence-electron chi connectivity index (χ1n) is 16.4. The van der Waals surface area contributed by atoms with Crippen molar-refractivity contribution >= 4 is 35.1 Å². The van der Waals surface area contributed by atoms with Crippen molar-refractivity contribution in [3.63, 3.8) is 0 Å². The lowest BCUT2D eigenvalue weighted by Gasteiger charge is -2.26. The number of carbonyl (C=O) groups is 2. The van der Waals surface area contributed by atoms with Crippen LogP contribution in [0.25, 0.3) is 0 Å². The van der Waals surface area contributed by atoms with Crippen LogP contribution in [0.4, 0.5) is 0 Å². The molecular weight excluding hydrogens is 609 g/mol. The molecule has 0 atom stereocenters. The van der Waals surface area contributed by atoms with Gasteiger partial charge >= 0.3 is 0 Å². The zero-order valence-corrected chi connectivity index (χ0v) is 29.2. The Morgan fingerprint density at radius 2 is 1.02 bits per heavy atom. The number of aromatic hydroxyl groups is 2. The van der Waals surface area contributed by atoms with E-state index >= 15 is 0 Å². The Hall–Kier alpha value is -3.48. The Balaban J connectivity index is 1.69. The standard InChI is InChI=1S/C40H44O4S2/c1-6-8-11-15-25-23-30(45-28-17-13-10-14-18-28)32-34(36(25)41)39(44)35-33(38(32)43)31(24-26(37(35)42)16-12-9-7-2)46-29-21-19-27(20-22-29)40(3,4)5/h10,13-14,17-24,41-42H,6-9,11-12,15-16H2,1-5H3. The zero-order valence-electron chi connectivity index (χ0n) is 27.5. The molecule has 0 aliphatic heterocycles. The summed E-state index contributed by atoms with van der Waals surface area (Å²) in [7, 11) is 0. The van der Waals surface area contributed by atoms with Gasteiger partial charge in [-0.3, -0.25) is 9.59 Å². The molecule has 0 heterocycles. The molecule has 0 aromatic heterocycles. The fourth-order valence-electron chi connectivity index (χ4n) is 5.98. The molecule has 1 aliphatic carbocycles. The van der Waals surface area contributed by atoms with E-state index in [1.165, 1.54) is 29.1 Å². The van der Waals surface area contributed by atoms with Crippen LogP contribution in [0.5, 0.6) is 11.5 Å². The third kappa shape index (κ3) is 7.08. The van der Waals surface area contributed by atoms with Crippen LogP contribution in [-0.4, -0.2) is 21.8 Å². The van der Waals surface area contributed by atoms with Crippen LogP contribution in [0, 0.1) is 0 Å². The van der Waals surface area contributed by atoms with Gasteiger partial charge in [-0.1, -0.05) is 114 Å². The topological polar surface area (TPSA) is 74.6 Å². The second-order valence-corrected chi connectivity index (χ2v) is 15.4. The molecule has 0 amide bonds. The molecule has 0 radical (unpaired) electrons. The Bertz CT molecular complexity index is 1730. The molecule has 6 heteroatoms. The first-order valence-corrected chi connectivity index (χ1v) is 18.1. The van der Waals surface area contributed by atoms with Crippen molar-refractivity contribution < 1.29 is 19.8 Å². The summed E-state index contributed by atoms with van der Waals surface area (Å²) in [4.78, 5) is 32.4. The lowest BCUT2D eigenvalue weighted by molar-refractivity contribution is 0.0969. The van der Waals surface area contributed by atoms with Crippen LogP contribution in [0.2, 0.25) is 0 Å². The highest BCUT2D eigenvalue weighted by Crippen LogP contribution is 2.48. The third-order valence-corrected chi connectivity index (χ3v) is 10.7.